The maximum atomic E-state index is 9.04. The summed E-state index contributed by atoms with van der Waals surface area (Å²) in [5.41, 5.74) is 12.0. The summed E-state index contributed by atoms with van der Waals surface area (Å²) >= 11 is 2.52. The van der Waals surface area contributed by atoms with Crippen molar-refractivity contribution in [1.82, 2.24) is 18.7 Å². The van der Waals surface area contributed by atoms with Crippen LogP contribution in [-0.2, 0) is 31.2 Å². The van der Waals surface area contributed by atoms with Gasteiger partial charge in [-0.1, -0.05) is 38.9 Å². The van der Waals surface area contributed by atoms with E-state index in [1.54, 1.807) is 10.8 Å². The number of rotatable bonds is 7. The number of hydrogen-bond donors (Lipinski definition) is 0. The molecule has 0 amide bonds. The molecule has 0 fully saturated rings. The molecule has 11 rings (SSSR count). The first kappa shape index (κ1) is 33.2. The van der Waals surface area contributed by atoms with Gasteiger partial charge in [0.1, 0.15) is 0 Å². The Morgan fingerprint density at radius 2 is 1.36 bits per heavy atom. The second-order valence-corrected chi connectivity index (χ2v) is 17.6. The van der Waals surface area contributed by atoms with Crippen LogP contribution in [0.25, 0.3) is 66.6 Å². The first-order chi connectivity index (χ1) is 31.5. The van der Waals surface area contributed by atoms with E-state index in [0.717, 1.165) is 66.7 Å². The molecule has 7 aromatic carbocycles. The smallest absolute Gasteiger partial charge is 0.239 e. The minimum Gasteiger partial charge on any atom is -0.239 e. The molecule has 0 aliphatic heterocycles. The molecule has 0 saturated carbocycles. The van der Waals surface area contributed by atoms with Gasteiger partial charge in [-0.2, -0.15) is 0 Å². The summed E-state index contributed by atoms with van der Waals surface area (Å²) in [5, 5.41) is 1.05. The predicted molar refractivity (Wildman–Crippen MR) is 243 cm³/mol. The first-order valence-electron chi connectivity index (χ1n) is 22.6. The number of hydrogen-bond acceptors (Lipinski definition) is 2. The number of benzene rings is 7. The molecule has 0 saturated heterocycles. The van der Waals surface area contributed by atoms with Crippen molar-refractivity contribution in [2.24, 2.45) is 0 Å². The van der Waals surface area contributed by atoms with Crippen LogP contribution >= 0.6 is 0 Å². The molecule has 10 aromatic rings. The van der Waals surface area contributed by atoms with E-state index in [1.165, 1.54) is 5.56 Å². The number of aryl methyl sites for hydroxylation is 1. The van der Waals surface area contributed by atoms with Crippen molar-refractivity contribution in [3.63, 3.8) is 0 Å². The van der Waals surface area contributed by atoms with Crippen molar-refractivity contribution in [3.8, 4) is 45.3 Å². The normalized spacial score (nSPS) is 14.9. The topological polar surface area (TPSA) is 36.9 Å². The number of nitrogens with zero attached hydrogens (tertiary/aromatic N) is 4. The summed E-state index contributed by atoms with van der Waals surface area (Å²) in [7, 11) is 0. The Hall–Kier alpha value is -6.55. The van der Waals surface area contributed by atoms with Crippen molar-refractivity contribution in [1.29, 1.82) is 0 Å². The van der Waals surface area contributed by atoms with Crippen molar-refractivity contribution < 1.29 is 29.6 Å². The number of imidazole rings is 1. The van der Waals surface area contributed by atoms with Gasteiger partial charge in [-0.15, -0.1) is 0 Å². The standard InChI is InChI=1S/C55H42N4O.Pt/c1-55(2,3)40-31-32-56-53(33-40)59-49-22-11-10-19-45(49)46-29-28-42(35-52(46)59)60-41-27-25-39-26-30-48(47(39)34-41)57-36-58(51-24-13-12-23-50(51)57)54-43(37-15-6-4-7-16-37)20-14-21-44(54)38-17-8-5-9-18-38;/h4-25,27-29,31-33,48H,26,30H2,1-3H3;/q-2;/i10D,11D,19D,22D;. The molecule has 1 aliphatic rings. The molecule has 0 bridgehead atoms. The van der Waals surface area contributed by atoms with Crippen LogP contribution in [0.3, 0.4) is 0 Å². The SMILES string of the molecule is [2H]c1c([2H])c([2H])c2c(c1[2H])c1ccc(Oc3[c-]c4c(cc3)CCC4n3[c](=[Pt])n(-c4c(-c5ccccc5)cccc4-c4ccccc4)c4ccccc43)[c-]c1n2-c1cc(C(C)(C)C)ccn1. The zero-order chi connectivity index (χ0) is 44.7. The summed E-state index contributed by atoms with van der Waals surface area (Å²) in [4.78, 5) is 4.74. The van der Waals surface area contributed by atoms with Crippen LogP contribution in [0.2, 0.25) is 0 Å². The summed E-state index contributed by atoms with van der Waals surface area (Å²) in [5.74, 6) is 1.52. The van der Waals surface area contributed by atoms with Crippen molar-refractivity contribution in [3.05, 3.63) is 203 Å². The minimum absolute atomic E-state index is 0.0180. The fourth-order valence-electron chi connectivity index (χ4n) is 8.95. The quantitative estimate of drug-likeness (QED) is 0.149. The van der Waals surface area contributed by atoms with Crippen LogP contribution in [0.4, 0.5) is 0 Å². The predicted octanol–water partition coefficient (Wildman–Crippen LogP) is 13.6. The number of aromatic nitrogens is 4. The molecule has 5 nitrogen and oxygen atoms in total. The fraction of sp³-hybridized carbons (Fsp3) is 0.127. The fourth-order valence-corrected chi connectivity index (χ4v) is 10.1. The van der Waals surface area contributed by atoms with Crippen molar-refractivity contribution in [2.75, 3.05) is 0 Å². The van der Waals surface area contributed by atoms with E-state index in [-0.39, 0.29) is 35.6 Å². The molecule has 3 aromatic heterocycles. The Balaban J connectivity index is 1.04. The molecule has 1 aliphatic carbocycles. The average molecular weight is 974 g/mol. The second-order valence-electron chi connectivity index (χ2n) is 16.6. The van der Waals surface area contributed by atoms with Crippen LogP contribution in [0, 0.1) is 15.9 Å². The van der Waals surface area contributed by atoms with Crippen molar-refractivity contribution in [2.45, 2.75) is 45.1 Å². The first-order valence-corrected chi connectivity index (χ1v) is 21.7. The average Bonchev–Trinajstić information content (AvgIpc) is 3.99. The zero-order valence-corrected chi connectivity index (χ0v) is 36.1. The van der Waals surface area contributed by atoms with Crippen LogP contribution < -0.4 is 4.74 Å². The molecule has 0 spiro atoms. The summed E-state index contributed by atoms with van der Waals surface area (Å²) < 4.78 is 49.5. The third kappa shape index (κ3) is 6.42. The summed E-state index contributed by atoms with van der Waals surface area (Å²) in [6.45, 7) is 6.39. The number of pyridine rings is 1. The Bertz CT molecular complexity index is 3530. The van der Waals surface area contributed by atoms with Crippen molar-refractivity contribution >= 4 is 32.8 Å². The van der Waals surface area contributed by atoms with Crippen LogP contribution in [0.15, 0.2) is 170 Å². The van der Waals surface area contributed by atoms with Gasteiger partial charge in [0.05, 0.1) is 5.48 Å². The molecule has 3 heterocycles. The molecular formula is C55H42N4OPt-2. The van der Waals surface area contributed by atoms with Gasteiger partial charge < -0.3 is 0 Å². The van der Waals surface area contributed by atoms with E-state index in [1.807, 2.05) is 30.3 Å². The van der Waals surface area contributed by atoms with E-state index >= 15 is 0 Å². The summed E-state index contributed by atoms with van der Waals surface area (Å²) in [6, 6.07) is 54.6. The van der Waals surface area contributed by atoms with Crippen LogP contribution in [-0.4, -0.2) is 18.7 Å². The Labute approximate surface area is 372 Å². The van der Waals surface area contributed by atoms with E-state index < -0.39 is 0 Å². The van der Waals surface area contributed by atoms with Gasteiger partial charge >= 0.3 is 289 Å². The molecular weight excluding hydrogens is 928 g/mol. The molecule has 0 N–H and O–H groups in total. The molecule has 6 heteroatoms. The second kappa shape index (κ2) is 14.9. The molecule has 1 unspecified atom stereocenters. The monoisotopic (exact) mass is 973 g/mol. The molecule has 0 radical (unpaired) electrons. The Morgan fingerprint density at radius 3 is 2.10 bits per heavy atom. The zero-order valence-electron chi connectivity index (χ0n) is 37.9. The number of fused-ring (bicyclic) bond motifs is 5. The third-order valence-electron chi connectivity index (χ3n) is 11.9. The molecule has 300 valence electrons. The van der Waals surface area contributed by atoms with Gasteiger partial charge in [-0.05, 0) is 29.2 Å². The van der Waals surface area contributed by atoms with Gasteiger partial charge in [0, 0.05) is 6.20 Å². The minimum atomic E-state index is -0.301. The Kier molecular flexibility index (Phi) is 8.09. The van der Waals surface area contributed by atoms with E-state index in [9.17, 15) is 0 Å². The van der Waals surface area contributed by atoms with Gasteiger partial charge in [-0.3, -0.25) is 0 Å². The van der Waals surface area contributed by atoms with E-state index in [4.69, 9.17) is 15.2 Å². The van der Waals surface area contributed by atoms with Crippen LogP contribution in [0.5, 0.6) is 11.5 Å². The van der Waals surface area contributed by atoms with Gasteiger partial charge in [0.15, 0.2) is 0 Å². The maximum absolute atomic E-state index is 9.04. The van der Waals surface area contributed by atoms with Gasteiger partial charge in [0.25, 0.3) is 0 Å². The Morgan fingerprint density at radius 1 is 0.689 bits per heavy atom. The number of ether oxygens (including phenoxy) is 1. The summed E-state index contributed by atoms with van der Waals surface area (Å²) in [6.07, 6.45) is 3.54. The molecule has 1 atom stereocenters. The molecule has 61 heavy (non-hydrogen) atoms. The third-order valence-corrected chi connectivity index (χ3v) is 12.9. The van der Waals surface area contributed by atoms with Gasteiger partial charge in [-0.25, -0.2) is 4.98 Å². The van der Waals surface area contributed by atoms with Crippen LogP contribution in [0.1, 0.15) is 55.4 Å². The van der Waals surface area contributed by atoms with E-state index in [0.29, 0.717) is 39.1 Å². The van der Waals surface area contributed by atoms with Gasteiger partial charge in [0.2, 0.25) is 0 Å². The number of para-hydroxylation sites is 4. The van der Waals surface area contributed by atoms with E-state index in [2.05, 4.69) is 171 Å².